The van der Waals surface area contributed by atoms with Crippen molar-refractivity contribution >= 4 is 5.97 Å². The molecule has 1 saturated heterocycles. The van der Waals surface area contributed by atoms with E-state index in [2.05, 4.69) is 34.6 Å². The lowest BCUT2D eigenvalue weighted by Gasteiger charge is -2.74. The van der Waals surface area contributed by atoms with Gasteiger partial charge in [-0.05, 0) is 80.5 Å². The molecule has 6 aliphatic rings. The van der Waals surface area contributed by atoms with Gasteiger partial charge < -0.3 is 25.2 Å². The van der Waals surface area contributed by atoms with Crippen molar-refractivity contribution in [2.45, 2.75) is 117 Å². The van der Waals surface area contributed by atoms with Gasteiger partial charge in [0.1, 0.15) is 5.60 Å². The maximum Gasteiger partial charge on any atom is 0.313 e. The Balaban J connectivity index is 1.47. The molecule has 6 heteroatoms. The van der Waals surface area contributed by atoms with E-state index >= 15 is 0 Å². The van der Waals surface area contributed by atoms with E-state index in [4.69, 9.17) is 4.74 Å². The van der Waals surface area contributed by atoms with Gasteiger partial charge in [0.15, 0.2) is 0 Å². The van der Waals surface area contributed by atoms with E-state index in [1.54, 1.807) is 0 Å². The quantitative estimate of drug-likeness (QED) is 0.426. The van der Waals surface area contributed by atoms with Crippen LogP contribution in [0.1, 0.15) is 98.8 Å². The third kappa shape index (κ3) is 2.53. The lowest BCUT2D eigenvalue weighted by molar-refractivity contribution is -0.310. The SMILES string of the molecule is CC1(C)CC[C@@]23CC[C@]4(C)[C@@](CC[C@@H]5[C@@]6(C)[C@H](O)C[C@H](O)C(CO)(CO)[C@@H]6CC[C@]54C)(OC2=O)[C@@H]3C1. The molecule has 0 radical (unpaired) electrons. The Bertz CT molecular complexity index is 959. The molecule has 0 aromatic heterocycles. The normalized spacial score (nSPS) is 56.6. The van der Waals surface area contributed by atoms with Gasteiger partial charge >= 0.3 is 5.97 Å². The highest BCUT2D eigenvalue weighted by atomic mass is 16.6. The Kier molecular flexibility index (Phi) is 5.17. The topological polar surface area (TPSA) is 107 Å². The number of ether oxygens (including phenoxy) is 1. The lowest BCUT2D eigenvalue weighted by Crippen LogP contribution is -2.74. The first kappa shape index (κ1) is 25.6. The van der Waals surface area contributed by atoms with Gasteiger partial charge in [0.05, 0.1) is 30.8 Å². The van der Waals surface area contributed by atoms with E-state index in [1.807, 2.05) is 0 Å². The molecule has 204 valence electrons. The summed E-state index contributed by atoms with van der Waals surface area (Å²) in [4.78, 5) is 13.7. The van der Waals surface area contributed by atoms with E-state index in [0.29, 0.717) is 0 Å². The highest BCUT2D eigenvalue weighted by molar-refractivity contribution is 5.81. The second kappa shape index (κ2) is 7.28. The first-order chi connectivity index (χ1) is 16.7. The summed E-state index contributed by atoms with van der Waals surface area (Å²) in [5.74, 6) is 0.282. The first-order valence-electron chi connectivity index (χ1n) is 14.5. The van der Waals surface area contributed by atoms with Crippen LogP contribution in [0.3, 0.4) is 0 Å². The van der Waals surface area contributed by atoms with Gasteiger partial charge in [-0.15, -0.1) is 0 Å². The van der Waals surface area contributed by atoms with Crippen LogP contribution in [0.4, 0.5) is 0 Å². The minimum absolute atomic E-state index is 0.0501. The van der Waals surface area contributed by atoms with Crippen molar-refractivity contribution in [2.24, 2.45) is 50.2 Å². The van der Waals surface area contributed by atoms with Crippen LogP contribution >= 0.6 is 0 Å². The number of carbonyl (C=O) groups excluding carboxylic acids is 1. The number of hydrogen-bond acceptors (Lipinski definition) is 6. The third-order valence-electron chi connectivity index (χ3n) is 14.3. The number of aliphatic hydroxyl groups is 4. The van der Waals surface area contributed by atoms with Crippen molar-refractivity contribution in [3.8, 4) is 0 Å². The molecule has 5 saturated carbocycles. The molecular formula is C30H48O6. The van der Waals surface area contributed by atoms with Crippen molar-refractivity contribution < 1.29 is 30.0 Å². The molecule has 0 aromatic rings. The monoisotopic (exact) mass is 504 g/mol. The molecule has 6 fully saturated rings. The molecule has 4 N–H and O–H groups in total. The zero-order chi connectivity index (χ0) is 26.2. The van der Waals surface area contributed by atoms with Gasteiger partial charge in [0.25, 0.3) is 0 Å². The molecule has 6 rings (SSSR count). The summed E-state index contributed by atoms with van der Waals surface area (Å²) in [7, 11) is 0. The molecule has 0 aromatic carbocycles. The van der Waals surface area contributed by atoms with Crippen LogP contribution in [0.15, 0.2) is 0 Å². The molecule has 6 nitrogen and oxygen atoms in total. The van der Waals surface area contributed by atoms with E-state index < -0.39 is 28.6 Å². The molecular weight excluding hydrogens is 456 g/mol. The predicted octanol–water partition coefficient (Wildman–Crippen LogP) is 3.82. The van der Waals surface area contributed by atoms with Gasteiger partial charge in [-0.1, -0.05) is 34.6 Å². The minimum atomic E-state index is -1.000. The second-order valence-electron chi connectivity index (χ2n) is 15.5. The summed E-state index contributed by atoms with van der Waals surface area (Å²) >= 11 is 0. The van der Waals surface area contributed by atoms with Gasteiger partial charge in [-0.3, -0.25) is 4.79 Å². The summed E-state index contributed by atoms with van der Waals surface area (Å²) in [5.41, 5.74) is -2.48. The van der Waals surface area contributed by atoms with E-state index in [1.165, 1.54) is 0 Å². The summed E-state index contributed by atoms with van der Waals surface area (Å²) in [6, 6.07) is 0. The molecule has 1 aliphatic heterocycles. The Morgan fingerprint density at radius 2 is 1.44 bits per heavy atom. The molecule has 2 bridgehead atoms. The van der Waals surface area contributed by atoms with Gasteiger partial charge in [-0.25, -0.2) is 0 Å². The van der Waals surface area contributed by atoms with Crippen molar-refractivity contribution in [1.29, 1.82) is 0 Å². The van der Waals surface area contributed by atoms with Crippen molar-refractivity contribution in [3.63, 3.8) is 0 Å². The fourth-order valence-corrected chi connectivity index (χ4v) is 11.9. The van der Waals surface area contributed by atoms with Gasteiger partial charge in [-0.2, -0.15) is 0 Å². The van der Waals surface area contributed by atoms with Crippen LogP contribution in [-0.4, -0.2) is 57.4 Å². The lowest BCUT2D eigenvalue weighted by atomic mass is 9.30. The van der Waals surface area contributed by atoms with Crippen LogP contribution in [0.2, 0.25) is 0 Å². The fraction of sp³-hybridized carbons (Fsp3) is 0.967. The number of fused-ring (bicyclic) bond motifs is 4. The highest BCUT2D eigenvalue weighted by Gasteiger charge is 2.81. The summed E-state index contributed by atoms with van der Waals surface area (Å²) in [6.07, 6.45) is 6.76. The summed E-state index contributed by atoms with van der Waals surface area (Å²) in [6.45, 7) is 11.1. The zero-order valence-electron chi connectivity index (χ0n) is 23.0. The summed E-state index contributed by atoms with van der Waals surface area (Å²) in [5, 5.41) is 43.6. The Morgan fingerprint density at radius 1 is 0.806 bits per heavy atom. The molecule has 0 unspecified atom stereocenters. The molecule has 1 spiro atoms. The number of hydrogen-bond donors (Lipinski definition) is 4. The average molecular weight is 505 g/mol. The molecule has 10 atom stereocenters. The Labute approximate surface area is 216 Å². The van der Waals surface area contributed by atoms with E-state index in [-0.39, 0.29) is 65.0 Å². The van der Waals surface area contributed by atoms with Crippen LogP contribution in [0, 0.1) is 50.2 Å². The molecule has 5 aliphatic carbocycles. The molecule has 1 heterocycles. The fourth-order valence-electron chi connectivity index (χ4n) is 11.9. The van der Waals surface area contributed by atoms with Crippen LogP contribution in [0.25, 0.3) is 0 Å². The van der Waals surface area contributed by atoms with E-state index in [9.17, 15) is 25.2 Å². The maximum atomic E-state index is 13.7. The number of rotatable bonds is 2. The highest BCUT2D eigenvalue weighted by Crippen LogP contribution is 2.80. The first-order valence-corrected chi connectivity index (χ1v) is 14.5. The van der Waals surface area contributed by atoms with Gasteiger partial charge in [0.2, 0.25) is 0 Å². The van der Waals surface area contributed by atoms with E-state index in [0.717, 1.165) is 57.8 Å². The maximum absolute atomic E-state index is 13.7. The Morgan fingerprint density at radius 3 is 2.11 bits per heavy atom. The molecule has 36 heavy (non-hydrogen) atoms. The second-order valence-corrected chi connectivity index (χ2v) is 15.5. The predicted molar refractivity (Wildman–Crippen MR) is 135 cm³/mol. The molecule has 0 amide bonds. The number of esters is 1. The standard InChI is InChI=1S/C30H48O6/c1-24(2)10-12-28-13-11-26(4)25(3)8-6-19-27(5,21(33)14-22(34)29(19,16-31)17-32)18(25)7-9-30(26,20(28)15-24)36-23(28)35/h18-22,31-34H,6-17H2,1-5H3/t18-,19+,20+,21+,22-,25+,26-,27+,28-,30-/m0/s1. The van der Waals surface area contributed by atoms with Gasteiger partial charge in [0, 0.05) is 28.6 Å². The smallest absolute Gasteiger partial charge is 0.313 e. The minimum Gasteiger partial charge on any atom is -0.458 e. The third-order valence-corrected chi connectivity index (χ3v) is 14.3. The zero-order valence-corrected chi connectivity index (χ0v) is 23.0. The average Bonchev–Trinajstić information content (AvgIpc) is 2.99. The van der Waals surface area contributed by atoms with Crippen molar-refractivity contribution in [3.05, 3.63) is 0 Å². The van der Waals surface area contributed by atoms with Crippen molar-refractivity contribution in [1.82, 2.24) is 0 Å². The Hall–Kier alpha value is -0.690. The van der Waals surface area contributed by atoms with Crippen LogP contribution in [-0.2, 0) is 9.53 Å². The van der Waals surface area contributed by atoms with Crippen molar-refractivity contribution in [2.75, 3.05) is 13.2 Å². The van der Waals surface area contributed by atoms with Crippen LogP contribution < -0.4 is 0 Å². The number of carbonyl (C=O) groups is 1. The largest absolute Gasteiger partial charge is 0.458 e. The summed E-state index contributed by atoms with van der Waals surface area (Å²) < 4.78 is 6.70. The van der Waals surface area contributed by atoms with Crippen LogP contribution in [0.5, 0.6) is 0 Å². The number of aliphatic hydroxyl groups excluding tert-OH is 4.